The van der Waals surface area contributed by atoms with E-state index in [4.69, 9.17) is 0 Å². The topological polar surface area (TPSA) is 49.3 Å². The number of amides is 1. The van der Waals surface area contributed by atoms with Crippen LogP contribution in [0.2, 0.25) is 0 Å². The smallest absolute Gasteiger partial charge is 0.225 e. The zero-order valence-electron chi connectivity index (χ0n) is 8.65. The first-order valence-electron chi connectivity index (χ1n) is 4.61. The Morgan fingerprint density at radius 2 is 1.62 bits per heavy atom. The minimum Gasteiger partial charge on any atom is -0.342 e. The summed E-state index contributed by atoms with van der Waals surface area (Å²) in [5.74, 6) is 0.748. The molecule has 1 amide bonds. The van der Waals surface area contributed by atoms with Crippen LogP contribution in [0.15, 0.2) is 18.5 Å². The fourth-order valence-corrected chi connectivity index (χ4v) is 1.48. The highest BCUT2D eigenvalue weighted by Gasteiger charge is 2.16. The number of rotatable bonds is 2. The van der Waals surface area contributed by atoms with E-state index in [1.165, 1.54) is 0 Å². The molecule has 1 aliphatic rings. The second-order valence-corrected chi connectivity index (χ2v) is 3.18. The Morgan fingerprint density at radius 1 is 1.06 bits per heavy atom. The number of anilines is 1. The van der Waals surface area contributed by atoms with Crippen molar-refractivity contribution in [2.45, 2.75) is 0 Å². The molecule has 1 aliphatic heterocycles. The molecule has 0 aromatic carbocycles. The number of aromatic nitrogens is 2. The first-order valence-corrected chi connectivity index (χ1v) is 4.61. The lowest BCUT2D eigenvalue weighted by Crippen LogP contribution is -2.46. The highest BCUT2D eigenvalue weighted by molar-refractivity contribution is 5.85. The van der Waals surface area contributed by atoms with Crippen molar-refractivity contribution >= 4 is 37.2 Å². The lowest BCUT2D eigenvalue weighted by Gasteiger charge is -2.32. The molecule has 16 heavy (non-hydrogen) atoms. The molecule has 0 spiro atoms. The second-order valence-electron chi connectivity index (χ2n) is 3.18. The SMILES string of the molecule is Cl.Cl.O=CN1CCN(c2ncccn2)CC1. The summed E-state index contributed by atoms with van der Waals surface area (Å²) in [6.45, 7) is 3.12. The highest BCUT2D eigenvalue weighted by atomic mass is 35.5. The van der Waals surface area contributed by atoms with E-state index in [9.17, 15) is 4.79 Å². The zero-order valence-corrected chi connectivity index (χ0v) is 10.3. The van der Waals surface area contributed by atoms with Crippen LogP contribution in [-0.2, 0) is 4.79 Å². The fourth-order valence-electron chi connectivity index (χ4n) is 1.48. The molecule has 1 aromatic heterocycles. The summed E-state index contributed by atoms with van der Waals surface area (Å²) in [6.07, 6.45) is 4.35. The fraction of sp³-hybridized carbons (Fsp3) is 0.444. The van der Waals surface area contributed by atoms with E-state index in [2.05, 4.69) is 14.9 Å². The molecule has 0 radical (unpaired) electrons. The number of hydrogen-bond donors (Lipinski definition) is 0. The van der Waals surface area contributed by atoms with Crippen LogP contribution in [0.1, 0.15) is 0 Å². The minimum absolute atomic E-state index is 0. The standard InChI is InChI=1S/C9H12N4O.2ClH/c14-8-12-4-6-13(7-5-12)9-10-2-1-3-11-9;;/h1-3,8H,4-7H2;2*1H. The first-order chi connectivity index (χ1) is 6.90. The van der Waals surface area contributed by atoms with Gasteiger partial charge in [0.05, 0.1) is 0 Å². The van der Waals surface area contributed by atoms with Gasteiger partial charge in [0.25, 0.3) is 0 Å². The van der Waals surface area contributed by atoms with Crippen LogP contribution in [0.25, 0.3) is 0 Å². The summed E-state index contributed by atoms with van der Waals surface area (Å²) in [7, 11) is 0. The van der Waals surface area contributed by atoms with Crippen LogP contribution in [-0.4, -0.2) is 47.5 Å². The number of piperazine rings is 1. The van der Waals surface area contributed by atoms with Gasteiger partial charge in [-0.15, -0.1) is 24.8 Å². The maximum atomic E-state index is 10.5. The molecule has 0 aliphatic carbocycles. The van der Waals surface area contributed by atoms with Crippen molar-refractivity contribution in [2.75, 3.05) is 31.1 Å². The van der Waals surface area contributed by atoms with Crippen LogP contribution in [0.4, 0.5) is 5.95 Å². The maximum Gasteiger partial charge on any atom is 0.225 e. The van der Waals surface area contributed by atoms with Crippen molar-refractivity contribution in [3.8, 4) is 0 Å². The predicted octanol–water partition coefficient (Wildman–Crippen LogP) is 0.599. The van der Waals surface area contributed by atoms with Crippen molar-refractivity contribution in [2.24, 2.45) is 0 Å². The zero-order chi connectivity index (χ0) is 9.80. The number of carbonyl (C=O) groups is 1. The molecule has 1 aromatic rings. The molecule has 0 unspecified atom stereocenters. The molecule has 0 saturated carbocycles. The third-order valence-electron chi connectivity index (χ3n) is 2.30. The number of nitrogens with zero attached hydrogens (tertiary/aromatic N) is 4. The van der Waals surface area contributed by atoms with Crippen LogP contribution in [0, 0.1) is 0 Å². The van der Waals surface area contributed by atoms with Crippen molar-refractivity contribution < 1.29 is 4.79 Å². The van der Waals surface area contributed by atoms with Gasteiger partial charge in [-0.25, -0.2) is 9.97 Å². The second kappa shape index (κ2) is 7.24. The molecule has 0 N–H and O–H groups in total. The van der Waals surface area contributed by atoms with Crippen LogP contribution >= 0.6 is 24.8 Å². The third kappa shape index (κ3) is 3.50. The molecule has 1 saturated heterocycles. The van der Waals surface area contributed by atoms with E-state index in [1.807, 2.05) is 0 Å². The summed E-state index contributed by atoms with van der Waals surface area (Å²) < 4.78 is 0. The Labute approximate surface area is 107 Å². The van der Waals surface area contributed by atoms with Crippen LogP contribution < -0.4 is 4.90 Å². The third-order valence-corrected chi connectivity index (χ3v) is 2.30. The molecule has 90 valence electrons. The molecular weight excluding hydrogens is 251 g/mol. The molecular formula is C9H14Cl2N4O. The Kier molecular flexibility index (Phi) is 6.76. The Morgan fingerprint density at radius 3 is 2.12 bits per heavy atom. The summed E-state index contributed by atoms with van der Waals surface area (Å²) in [4.78, 5) is 22.6. The van der Waals surface area contributed by atoms with Crippen molar-refractivity contribution in [3.63, 3.8) is 0 Å². The highest BCUT2D eigenvalue weighted by Crippen LogP contribution is 2.07. The van der Waals surface area contributed by atoms with Crippen LogP contribution in [0.3, 0.4) is 0 Å². The van der Waals surface area contributed by atoms with Gasteiger partial charge in [-0.2, -0.15) is 0 Å². The van der Waals surface area contributed by atoms with Gasteiger partial charge in [0.1, 0.15) is 0 Å². The van der Waals surface area contributed by atoms with E-state index in [0.29, 0.717) is 0 Å². The molecule has 5 nitrogen and oxygen atoms in total. The molecule has 0 atom stereocenters. The summed E-state index contributed by atoms with van der Waals surface area (Å²) >= 11 is 0. The molecule has 1 fully saturated rings. The van der Waals surface area contributed by atoms with Gasteiger partial charge in [0.2, 0.25) is 12.4 Å². The molecule has 0 bridgehead atoms. The van der Waals surface area contributed by atoms with Gasteiger partial charge < -0.3 is 9.80 Å². The van der Waals surface area contributed by atoms with Gasteiger partial charge in [-0.3, -0.25) is 4.79 Å². The summed E-state index contributed by atoms with van der Waals surface area (Å²) in [6, 6.07) is 1.80. The maximum absolute atomic E-state index is 10.5. The normalized spacial score (nSPS) is 14.8. The van der Waals surface area contributed by atoms with E-state index >= 15 is 0 Å². The molecule has 2 rings (SSSR count). The van der Waals surface area contributed by atoms with E-state index in [1.54, 1.807) is 23.4 Å². The Bertz CT molecular complexity index is 304. The number of halogens is 2. The van der Waals surface area contributed by atoms with Gasteiger partial charge >= 0.3 is 0 Å². The lowest BCUT2D eigenvalue weighted by molar-refractivity contribution is -0.118. The van der Waals surface area contributed by atoms with Crippen molar-refractivity contribution in [3.05, 3.63) is 18.5 Å². The quantitative estimate of drug-likeness (QED) is 0.735. The van der Waals surface area contributed by atoms with Gasteiger partial charge in [-0.05, 0) is 6.07 Å². The van der Waals surface area contributed by atoms with E-state index < -0.39 is 0 Å². The summed E-state index contributed by atoms with van der Waals surface area (Å²) in [5, 5.41) is 0. The van der Waals surface area contributed by atoms with Crippen LogP contribution in [0.5, 0.6) is 0 Å². The van der Waals surface area contributed by atoms with Crippen molar-refractivity contribution in [1.82, 2.24) is 14.9 Å². The van der Waals surface area contributed by atoms with Gasteiger partial charge in [0.15, 0.2) is 0 Å². The minimum atomic E-state index is 0. The van der Waals surface area contributed by atoms with Crippen molar-refractivity contribution in [1.29, 1.82) is 0 Å². The largest absolute Gasteiger partial charge is 0.342 e. The monoisotopic (exact) mass is 264 g/mol. The number of carbonyl (C=O) groups excluding carboxylic acids is 1. The van der Waals surface area contributed by atoms with E-state index in [-0.39, 0.29) is 24.8 Å². The van der Waals surface area contributed by atoms with E-state index in [0.717, 1.165) is 38.5 Å². The predicted molar refractivity (Wildman–Crippen MR) is 66.4 cm³/mol. The Hall–Kier alpha value is -1.07. The molecule has 2 heterocycles. The first kappa shape index (κ1) is 14.9. The lowest BCUT2D eigenvalue weighted by atomic mass is 10.3. The molecule has 7 heteroatoms. The average molecular weight is 265 g/mol. The van der Waals surface area contributed by atoms with Gasteiger partial charge in [0, 0.05) is 38.6 Å². The van der Waals surface area contributed by atoms with Gasteiger partial charge in [-0.1, -0.05) is 0 Å². The summed E-state index contributed by atoms with van der Waals surface area (Å²) in [5.41, 5.74) is 0. The number of hydrogen-bond acceptors (Lipinski definition) is 4. The Balaban J connectivity index is 0.00000112. The average Bonchev–Trinajstić information content (AvgIpc) is 2.30.